The van der Waals surface area contributed by atoms with Gasteiger partial charge in [0.15, 0.2) is 5.78 Å². The third kappa shape index (κ3) is 4.16. The van der Waals surface area contributed by atoms with E-state index in [4.69, 9.17) is 4.74 Å². The van der Waals surface area contributed by atoms with Crippen molar-refractivity contribution in [2.24, 2.45) is 0 Å². The number of rotatable bonds is 7. The van der Waals surface area contributed by atoms with Gasteiger partial charge in [0.2, 0.25) is 5.91 Å². The van der Waals surface area contributed by atoms with Gasteiger partial charge in [-0.25, -0.2) is 0 Å². The third-order valence-electron chi connectivity index (χ3n) is 6.51. The number of nitrogens with zero attached hydrogens (tertiary/aromatic N) is 2. The zero-order valence-electron chi connectivity index (χ0n) is 19.3. The van der Waals surface area contributed by atoms with Gasteiger partial charge in [-0.3, -0.25) is 14.5 Å². The quantitative estimate of drug-likeness (QED) is 0.583. The molecular weight excluding hydrogens is 400 g/mol. The SMILES string of the molecule is CCOc1ccc(N2C(=O)CC(c3ccc(N(CC)CC)cc3)C3=C2CCCC3=O)cc1. The predicted molar refractivity (Wildman–Crippen MR) is 128 cm³/mol. The summed E-state index contributed by atoms with van der Waals surface area (Å²) >= 11 is 0. The molecule has 0 aromatic heterocycles. The third-order valence-corrected chi connectivity index (χ3v) is 6.51. The number of benzene rings is 2. The molecule has 2 aromatic carbocycles. The molecule has 5 heteroatoms. The Balaban J connectivity index is 1.71. The number of allylic oxidation sites excluding steroid dienone is 2. The molecular formula is C27H32N2O3. The molecule has 0 N–H and O–H groups in total. The van der Waals surface area contributed by atoms with Gasteiger partial charge in [-0.05, 0) is 75.6 Å². The number of carbonyl (C=O) groups is 2. The Bertz CT molecular complexity index is 1000. The molecule has 0 fully saturated rings. The van der Waals surface area contributed by atoms with Gasteiger partial charge in [0, 0.05) is 54.5 Å². The summed E-state index contributed by atoms with van der Waals surface area (Å²) in [5, 5.41) is 0. The highest BCUT2D eigenvalue weighted by Crippen LogP contribution is 2.43. The largest absolute Gasteiger partial charge is 0.494 e. The van der Waals surface area contributed by atoms with Crippen LogP contribution in [0.3, 0.4) is 0 Å². The topological polar surface area (TPSA) is 49.9 Å². The monoisotopic (exact) mass is 432 g/mol. The Morgan fingerprint density at radius 3 is 2.25 bits per heavy atom. The van der Waals surface area contributed by atoms with Crippen LogP contribution < -0.4 is 14.5 Å². The van der Waals surface area contributed by atoms with E-state index < -0.39 is 0 Å². The van der Waals surface area contributed by atoms with Crippen LogP contribution in [0.2, 0.25) is 0 Å². The second-order valence-corrected chi connectivity index (χ2v) is 8.31. The summed E-state index contributed by atoms with van der Waals surface area (Å²) in [5.41, 5.74) is 4.71. The van der Waals surface area contributed by atoms with Crippen molar-refractivity contribution in [1.29, 1.82) is 0 Å². The van der Waals surface area contributed by atoms with Gasteiger partial charge in [-0.15, -0.1) is 0 Å². The number of carbonyl (C=O) groups excluding carboxylic acids is 2. The minimum absolute atomic E-state index is 0.0421. The van der Waals surface area contributed by atoms with Crippen LogP contribution in [0.15, 0.2) is 59.8 Å². The molecule has 5 nitrogen and oxygen atoms in total. The summed E-state index contributed by atoms with van der Waals surface area (Å²) in [7, 11) is 0. The van der Waals surface area contributed by atoms with Crippen LogP contribution >= 0.6 is 0 Å². The number of hydrogen-bond donors (Lipinski definition) is 0. The second-order valence-electron chi connectivity index (χ2n) is 8.31. The van der Waals surface area contributed by atoms with Gasteiger partial charge in [-0.1, -0.05) is 12.1 Å². The van der Waals surface area contributed by atoms with Crippen LogP contribution in [0.4, 0.5) is 11.4 Å². The number of ketones is 1. The summed E-state index contributed by atoms with van der Waals surface area (Å²) in [6, 6.07) is 16.0. The zero-order chi connectivity index (χ0) is 22.7. The number of Topliss-reactive ketones (excluding diaryl/α,β-unsaturated/α-hetero) is 1. The molecule has 1 amide bonds. The Morgan fingerprint density at radius 1 is 0.938 bits per heavy atom. The number of amides is 1. The molecule has 0 radical (unpaired) electrons. The summed E-state index contributed by atoms with van der Waals surface area (Å²) < 4.78 is 5.54. The van der Waals surface area contributed by atoms with Gasteiger partial charge in [0.25, 0.3) is 0 Å². The lowest BCUT2D eigenvalue weighted by Crippen LogP contribution is -2.40. The Kier molecular flexibility index (Phi) is 6.63. The molecule has 1 heterocycles. The van der Waals surface area contributed by atoms with Crippen molar-refractivity contribution in [1.82, 2.24) is 0 Å². The highest BCUT2D eigenvalue weighted by molar-refractivity contribution is 6.07. The summed E-state index contributed by atoms with van der Waals surface area (Å²) in [5.74, 6) is 0.823. The van der Waals surface area contributed by atoms with E-state index in [0.29, 0.717) is 19.4 Å². The molecule has 1 aliphatic carbocycles. The minimum atomic E-state index is -0.171. The summed E-state index contributed by atoms with van der Waals surface area (Å²) in [6.07, 6.45) is 2.39. The maximum atomic E-state index is 13.4. The first-order valence-electron chi connectivity index (χ1n) is 11.7. The van der Waals surface area contributed by atoms with Crippen molar-refractivity contribution < 1.29 is 14.3 Å². The predicted octanol–water partition coefficient (Wildman–Crippen LogP) is 5.46. The highest BCUT2D eigenvalue weighted by atomic mass is 16.5. The standard InChI is InChI=1S/C27H32N2O3/c1-4-28(5-2)20-12-10-19(11-13-20)23-18-26(31)29(24-8-7-9-25(30)27(23)24)21-14-16-22(17-15-21)32-6-3/h10-17,23H,4-9,18H2,1-3H3. The molecule has 32 heavy (non-hydrogen) atoms. The number of hydrogen-bond acceptors (Lipinski definition) is 4. The van der Waals surface area contributed by atoms with E-state index in [2.05, 4.69) is 43.0 Å². The van der Waals surface area contributed by atoms with Crippen molar-refractivity contribution in [3.63, 3.8) is 0 Å². The Morgan fingerprint density at radius 2 is 1.62 bits per heavy atom. The van der Waals surface area contributed by atoms with Crippen molar-refractivity contribution in [3.05, 3.63) is 65.4 Å². The molecule has 2 aliphatic rings. The molecule has 168 valence electrons. The molecule has 1 unspecified atom stereocenters. The maximum Gasteiger partial charge on any atom is 0.232 e. The van der Waals surface area contributed by atoms with Crippen LogP contribution in [0.1, 0.15) is 57.9 Å². The van der Waals surface area contributed by atoms with E-state index in [0.717, 1.165) is 54.2 Å². The summed E-state index contributed by atoms with van der Waals surface area (Å²) in [4.78, 5) is 30.5. The molecule has 0 saturated carbocycles. The first-order valence-corrected chi connectivity index (χ1v) is 11.7. The van der Waals surface area contributed by atoms with Gasteiger partial charge in [-0.2, -0.15) is 0 Å². The van der Waals surface area contributed by atoms with Crippen LogP contribution in [-0.4, -0.2) is 31.4 Å². The van der Waals surface area contributed by atoms with Gasteiger partial charge < -0.3 is 9.64 Å². The fraction of sp³-hybridized carbons (Fsp3) is 0.407. The molecule has 4 rings (SSSR count). The molecule has 0 bridgehead atoms. The van der Waals surface area contributed by atoms with Gasteiger partial charge in [0.05, 0.1) is 6.61 Å². The van der Waals surface area contributed by atoms with E-state index in [1.807, 2.05) is 31.2 Å². The highest BCUT2D eigenvalue weighted by Gasteiger charge is 2.39. The van der Waals surface area contributed by atoms with E-state index in [1.54, 1.807) is 4.90 Å². The van der Waals surface area contributed by atoms with Gasteiger partial charge in [0.1, 0.15) is 5.75 Å². The lowest BCUT2D eigenvalue weighted by atomic mass is 9.77. The van der Waals surface area contributed by atoms with Crippen molar-refractivity contribution >= 4 is 23.1 Å². The second kappa shape index (κ2) is 9.60. The lowest BCUT2D eigenvalue weighted by molar-refractivity contribution is -0.119. The summed E-state index contributed by atoms with van der Waals surface area (Å²) in [6.45, 7) is 8.72. The normalized spacial score (nSPS) is 18.6. The smallest absolute Gasteiger partial charge is 0.232 e. The molecule has 1 aliphatic heterocycles. The Labute approximate surface area is 190 Å². The lowest BCUT2D eigenvalue weighted by Gasteiger charge is -2.38. The van der Waals surface area contributed by atoms with Crippen molar-refractivity contribution in [2.75, 3.05) is 29.5 Å². The fourth-order valence-electron chi connectivity index (χ4n) is 4.94. The van der Waals surface area contributed by atoms with E-state index in [-0.39, 0.29) is 17.6 Å². The minimum Gasteiger partial charge on any atom is -0.494 e. The Hall–Kier alpha value is -3.08. The maximum absolute atomic E-state index is 13.4. The average Bonchev–Trinajstić information content (AvgIpc) is 2.81. The van der Waals surface area contributed by atoms with Crippen molar-refractivity contribution in [2.45, 2.75) is 52.4 Å². The van der Waals surface area contributed by atoms with Crippen LogP contribution in [-0.2, 0) is 9.59 Å². The number of ether oxygens (including phenoxy) is 1. The first-order chi connectivity index (χ1) is 15.6. The fourth-order valence-corrected chi connectivity index (χ4v) is 4.94. The average molecular weight is 433 g/mol. The van der Waals surface area contributed by atoms with E-state index in [9.17, 15) is 9.59 Å². The van der Waals surface area contributed by atoms with Crippen LogP contribution in [0.5, 0.6) is 5.75 Å². The first kappa shape index (κ1) is 22.1. The van der Waals surface area contributed by atoms with Crippen LogP contribution in [0.25, 0.3) is 0 Å². The van der Waals surface area contributed by atoms with Crippen LogP contribution in [0, 0.1) is 0 Å². The number of anilines is 2. The van der Waals surface area contributed by atoms with E-state index in [1.165, 1.54) is 5.69 Å². The molecule has 1 atom stereocenters. The molecule has 2 aromatic rings. The molecule has 0 spiro atoms. The van der Waals surface area contributed by atoms with E-state index >= 15 is 0 Å². The van der Waals surface area contributed by atoms with Gasteiger partial charge >= 0.3 is 0 Å². The zero-order valence-corrected chi connectivity index (χ0v) is 19.3. The molecule has 0 saturated heterocycles. The van der Waals surface area contributed by atoms with Crippen molar-refractivity contribution in [3.8, 4) is 5.75 Å².